The van der Waals surface area contributed by atoms with Crippen molar-refractivity contribution in [1.82, 2.24) is 14.8 Å². The SMILES string of the molecule is Cc1ccc(-n2nc(C(=O)Nc3ccc4ccccc4c3)nc2-c2ccc(F)cc2)cc1C. The van der Waals surface area contributed by atoms with Gasteiger partial charge in [0.25, 0.3) is 5.91 Å². The molecule has 4 aromatic carbocycles. The second kappa shape index (κ2) is 8.31. The molecular formula is C27H21FN4O. The number of anilines is 1. The molecule has 0 aliphatic carbocycles. The average Bonchev–Trinajstić information content (AvgIpc) is 3.27. The van der Waals surface area contributed by atoms with Crippen LogP contribution < -0.4 is 5.32 Å². The van der Waals surface area contributed by atoms with E-state index in [9.17, 15) is 9.18 Å². The van der Waals surface area contributed by atoms with Crippen LogP contribution in [-0.4, -0.2) is 20.7 Å². The predicted octanol–water partition coefficient (Wildman–Crippen LogP) is 6.10. The number of aromatic nitrogens is 3. The Labute approximate surface area is 190 Å². The number of fused-ring (bicyclic) bond motifs is 1. The molecular weight excluding hydrogens is 415 g/mol. The Hall–Kier alpha value is -4.32. The first-order valence-electron chi connectivity index (χ1n) is 10.6. The Balaban J connectivity index is 1.54. The number of carbonyl (C=O) groups is 1. The van der Waals surface area contributed by atoms with Crippen molar-refractivity contribution < 1.29 is 9.18 Å². The molecule has 6 heteroatoms. The number of aryl methyl sites for hydroxylation is 2. The van der Waals surface area contributed by atoms with E-state index in [4.69, 9.17) is 0 Å². The van der Waals surface area contributed by atoms with Crippen molar-refractivity contribution in [3.05, 3.63) is 108 Å². The topological polar surface area (TPSA) is 59.8 Å². The lowest BCUT2D eigenvalue weighted by molar-refractivity contribution is 0.101. The molecule has 33 heavy (non-hydrogen) atoms. The Kier molecular flexibility index (Phi) is 5.18. The highest BCUT2D eigenvalue weighted by molar-refractivity contribution is 6.03. The number of rotatable bonds is 4. The molecule has 1 N–H and O–H groups in total. The van der Waals surface area contributed by atoms with Crippen LogP contribution in [0.1, 0.15) is 21.7 Å². The predicted molar refractivity (Wildman–Crippen MR) is 128 cm³/mol. The molecule has 5 rings (SSSR count). The molecule has 0 aliphatic rings. The van der Waals surface area contributed by atoms with Crippen LogP contribution in [0.3, 0.4) is 0 Å². The molecule has 0 saturated carbocycles. The van der Waals surface area contributed by atoms with Crippen molar-refractivity contribution in [3.63, 3.8) is 0 Å². The average molecular weight is 436 g/mol. The van der Waals surface area contributed by atoms with Crippen LogP contribution in [0, 0.1) is 19.7 Å². The van der Waals surface area contributed by atoms with Crippen LogP contribution >= 0.6 is 0 Å². The largest absolute Gasteiger partial charge is 0.319 e. The van der Waals surface area contributed by atoms with Gasteiger partial charge in [-0.25, -0.2) is 14.1 Å². The van der Waals surface area contributed by atoms with Gasteiger partial charge in [0.1, 0.15) is 5.82 Å². The lowest BCUT2D eigenvalue weighted by atomic mass is 10.1. The van der Waals surface area contributed by atoms with Crippen LogP contribution in [-0.2, 0) is 0 Å². The Bertz CT molecular complexity index is 1490. The van der Waals surface area contributed by atoms with Gasteiger partial charge in [-0.1, -0.05) is 36.4 Å². The molecule has 1 aromatic heterocycles. The maximum Gasteiger partial charge on any atom is 0.295 e. The van der Waals surface area contributed by atoms with E-state index in [-0.39, 0.29) is 11.6 Å². The molecule has 1 heterocycles. The van der Waals surface area contributed by atoms with Gasteiger partial charge in [-0.05, 0) is 84.3 Å². The maximum absolute atomic E-state index is 13.5. The fraction of sp³-hybridized carbons (Fsp3) is 0.0741. The third kappa shape index (κ3) is 4.11. The molecule has 1 amide bonds. The van der Waals surface area contributed by atoms with Gasteiger partial charge in [0.05, 0.1) is 5.69 Å². The normalized spacial score (nSPS) is 11.0. The van der Waals surface area contributed by atoms with Crippen LogP contribution in [0.15, 0.2) is 84.9 Å². The summed E-state index contributed by atoms with van der Waals surface area (Å²) in [6.45, 7) is 4.05. The van der Waals surface area contributed by atoms with E-state index in [1.165, 1.54) is 12.1 Å². The summed E-state index contributed by atoms with van der Waals surface area (Å²) >= 11 is 0. The van der Waals surface area contributed by atoms with Crippen LogP contribution in [0.4, 0.5) is 10.1 Å². The van der Waals surface area contributed by atoms with Gasteiger partial charge >= 0.3 is 0 Å². The smallest absolute Gasteiger partial charge is 0.295 e. The number of benzene rings is 4. The minimum Gasteiger partial charge on any atom is -0.319 e. The zero-order chi connectivity index (χ0) is 22.9. The zero-order valence-electron chi connectivity index (χ0n) is 18.2. The third-order valence-electron chi connectivity index (χ3n) is 5.66. The van der Waals surface area contributed by atoms with Gasteiger partial charge in [0.15, 0.2) is 5.82 Å². The lowest BCUT2D eigenvalue weighted by Crippen LogP contribution is -2.14. The molecule has 5 aromatic rings. The summed E-state index contributed by atoms with van der Waals surface area (Å²) in [5.41, 5.74) is 4.33. The number of carbonyl (C=O) groups excluding carboxylic acids is 1. The van der Waals surface area contributed by atoms with Crippen LogP contribution in [0.25, 0.3) is 27.8 Å². The highest BCUT2D eigenvalue weighted by Crippen LogP contribution is 2.24. The number of nitrogens with zero attached hydrogens (tertiary/aromatic N) is 3. The summed E-state index contributed by atoms with van der Waals surface area (Å²) in [5.74, 6) is -0.274. The number of nitrogens with one attached hydrogen (secondary N) is 1. The monoisotopic (exact) mass is 436 g/mol. The van der Waals surface area contributed by atoms with Crippen LogP contribution in [0.2, 0.25) is 0 Å². The fourth-order valence-electron chi connectivity index (χ4n) is 3.69. The first-order chi connectivity index (χ1) is 16.0. The highest BCUT2D eigenvalue weighted by Gasteiger charge is 2.19. The third-order valence-corrected chi connectivity index (χ3v) is 5.66. The second-order valence-corrected chi connectivity index (χ2v) is 7.96. The van der Waals surface area contributed by atoms with Gasteiger partial charge in [-0.3, -0.25) is 4.79 Å². The first-order valence-corrected chi connectivity index (χ1v) is 10.6. The van der Waals surface area contributed by atoms with E-state index in [0.29, 0.717) is 17.1 Å². The number of halogens is 1. The van der Waals surface area contributed by atoms with E-state index in [0.717, 1.165) is 27.6 Å². The summed E-state index contributed by atoms with van der Waals surface area (Å²) in [7, 11) is 0. The van der Waals surface area contributed by atoms with Crippen molar-refractivity contribution in [1.29, 1.82) is 0 Å². The Morgan fingerprint density at radius 2 is 1.61 bits per heavy atom. The first kappa shape index (κ1) is 20.6. The van der Waals surface area contributed by atoms with Gasteiger partial charge in [0.2, 0.25) is 5.82 Å². The van der Waals surface area contributed by atoms with Crippen molar-refractivity contribution in [3.8, 4) is 17.1 Å². The Morgan fingerprint density at radius 3 is 2.36 bits per heavy atom. The van der Waals surface area contributed by atoms with Crippen molar-refractivity contribution in [2.24, 2.45) is 0 Å². The van der Waals surface area contributed by atoms with Gasteiger partial charge in [-0.15, -0.1) is 5.10 Å². The molecule has 162 valence electrons. The summed E-state index contributed by atoms with van der Waals surface area (Å²) in [4.78, 5) is 17.6. The fourth-order valence-corrected chi connectivity index (χ4v) is 3.69. The molecule has 0 fully saturated rings. The molecule has 5 nitrogen and oxygen atoms in total. The number of hydrogen-bond acceptors (Lipinski definition) is 3. The zero-order valence-corrected chi connectivity index (χ0v) is 18.2. The second-order valence-electron chi connectivity index (χ2n) is 7.96. The molecule has 0 radical (unpaired) electrons. The Morgan fingerprint density at radius 1 is 0.848 bits per heavy atom. The van der Waals surface area contributed by atoms with Crippen LogP contribution in [0.5, 0.6) is 0 Å². The summed E-state index contributed by atoms with van der Waals surface area (Å²) in [6, 6.07) is 25.5. The summed E-state index contributed by atoms with van der Waals surface area (Å²) < 4.78 is 15.1. The minimum atomic E-state index is -0.420. The van der Waals surface area contributed by atoms with Crippen molar-refractivity contribution in [2.75, 3.05) is 5.32 Å². The molecule has 0 spiro atoms. The van der Waals surface area contributed by atoms with Gasteiger partial charge in [0, 0.05) is 11.3 Å². The van der Waals surface area contributed by atoms with Crippen molar-refractivity contribution >= 4 is 22.4 Å². The molecule has 0 unspecified atom stereocenters. The quantitative estimate of drug-likeness (QED) is 0.371. The summed E-state index contributed by atoms with van der Waals surface area (Å²) in [6.07, 6.45) is 0. The standard InChI is InChI=1S/C27H21FN4O/c1-17-7-14-24(15-18(17)2)32-26(20-8-11-22(28)12-9-20)30-25(31-32)27(33)29-23-13-10-19-5-3-4-6-21(19)16-23/h3-16H,1-2H3,(H,29,33). The van der Waals surface area contributed by atoms with E-state index in [1.807, 2.05) is 74.5 Å². The molecule has 0 bridgehead atoms. The van der Waals surface area contributed by atoms with Gasteiger partial charge < -0.3 is 5.32 Å². The number of hydrogen-bond donors (Lipinski definition) is 1. The van der Waals surface area contributed by atoms with Gasteiger partial charge in [-0.2, -0.15) is 0 Å². The van der Waals surface area contributed by atoms with E-state index in [1.54, 1.807) is 16.8 Å². The molecule has 0 atom stereocenters. The summed E-state index contributed by atoms with van der Waals surface area (Å²) in [5, 5.41) is 9.51. The van der Waals surface area contributed by atoms with E-state index < -0.39 is 5.91 Å². The highest BCUT2D eigenvalue weighted by atomic mass is 19.1. The van der Waals surface area contributed by atoms with E-state index >= 15 is 0 Å². The molecule has 0 saturated heterocycles. The van der Waals surface area contributed by atoms with E-state index in [2.05, 4.69) is 15.4 Å². The van der Waals surface area contributed by atoms with Crippen molar-refractivity contribution in [2.45, 2.75) is 13.8 Å². The lowest BCUT2D eigenvalue weighted by Gasteiger charge is -2.08. The molecule has 0 aliphatic heterocycles. The maximum atomic E-state index is 13.5. The minimum absolute atomic E-state index is 0.0284. The number of amides is 1.